The van der Waals surface area contributed by atoms with Gasteiger partial charge in [0.05, 0.1) is 6.04 Å². The van der Waals surface area contributed by atoms with E-state index in [1.807, 2.05) is 12.1 Å². The fourth-order valence-electron chi connectivity index (χ4n) is 3.61. The van der Waals surface area contributed by atoms with Crippen molar-refractivity contribution >= 4 is 5.69 Å². The van der Waals surface area contributed by atoms with Crippen LogP contribution in [0.5, 0.6) is 0 Å². The van der Waals surface area contributed by atoms with E-state index in [2.05, 4.69) is 34.9 Å². The summed E-state index contributed by atoms with van der Waals surface area (Å²) in [6.07, 6.45) is 1.12. The minimum atomic E-state index is -0.156. The summed E-state index contributed by atoms with van der Waals surface area (Å²) in [6.45, 7) is 0.996. The Kier molecular flexibility index (Phi) is 2.74. The Morgan fingerprint density at radius 3 is 2.70 bits per heavy atom. The summed E-state index contributed by atoms with van der Waals surface area (Å²) in [5.41, 5.74) is 3.43. The van der Waals surface area contributed by atoms with Crippen molar-refractivity contribution in [3.8, 4) is 0 Å². The molecule has 2 aliphatic rings. The second-order valence-corrected chi connectivity index (χ2v) is 5.65. The third-order valence-corrected chi connectivity index (χ3v) is 4.52. The van der Waals surface area contributed by atoms with Crippen LogP contribution in [0.15, 0.2) is 48.5 Å². The molecular formula is C17H17FN2. The summed E-state index contributed by atoms with van der Waals surface area (Å²) < 4.78 is 13.5. The number of anilines is 1. The lowest BCUT2D eigenvalue weighted by Gasteiger charge is -2.37. The number of fused-ring (bicyclic) bond motifs is 3. The van der Waals surface area contributed by atoms with Crippen molar-refractivity contribution in [2.75, 3.05) is 11.9 Å². The Labute approximate surface area is 118 Å². The summed E-state index contributed by atoms with van der Waals surface area (Å²) in [7, 11) is 0. The van der Waals surface area contributed by atoms with Gasteiger partial charge in [0.15, 0.2) is 0 Å². The molecule has 2 aliphatic heterocycles. The zero-order valence-electron chi connectivity index (χ0n) is 11.1. The summed E-state index contributed by atoms with van der Waals surface area (Å²) in [5.74, 6) is 0.322. The first kappa shape index (κ1) is 11.9. The molecule has 4 rings (SSSR count). The topological polar surface area (TPSA) is 24.1 Å². The van der Waals surface area contributed by atoms with Crippen LogP contribution in [-0.4, -0.2) is 6.54 Å². The standard InChI is InChI=1S/C17H17FN2/c18-12-6-7-15-14(10-12)17-13(8-9-19-17)16(20-15)11-4-2-1-3-5-11/h1-7,10,13,16-17,19-20H,8-9H2/t13-,16+,17-/m1/s1. The molecule has 1 saturated heterocycles. The number of halogens is 1. The molecule has 3 atom stereocenters. The second-order valence-electron chi connectivity index (χ2n) is 5.65. The molecule has 2 aromatic rings. The molecular weight excluding hydrogens is 251 g/mol. The quantitative estimate of drug-likeness (QED) is 0.825. The van der Waals surface area contributed by atoms with E-state index in [1.165, 1.54) is 11.6 Å². The first-order valence-corrected chi connectivity index (χ1v) is 7.17. The van der Waals surface area contributed by atoms with Gasteiger partial charge in [-0.3, -0.25) is 0 Å². The highest BCUT2D eigenvalue weighted by Crippen LogP contribution is 2.47. The first-order chi connectivity index (χ1) is 9.83. The minimum absolute atomic E-state index is 0.156. The Hall–Kier alpha value is -1.87. The molecule has 102 valence electrons. The molecule has 1 fully saturated rings. The van der Waals surface area contributed by atoms with E-state index in [9.17, 15) is 4.39 Å². The SMILES string of the molecule is Fc1ccc2c(c1)[C@@H]1NCC[C@@H]1[C@H](c1ccccc1)N2. The molecule has 20 heavy (non-hydrogen) atoms. The Morgan fingerprint density at radius 2 is 1.85 bits per heavy atom. The molecule has 0 saturated carbocycles. The first-order valence-electron chi connectivity index (χ1n) is 7.17. The molecule has 0 spiro atoms. The zero-order valence-corrected chi connectivity index (χ0v) is 11.1. The highest BCUT2D eigenvalue weighted by atomic mass is 19.1. The largest absolute Gasteiger partial charge is 0.378 e. The number of hydrogen-bond donors (Lipinski definition) is 2. The van der Waals surface area contributed by atoms with Gasteiger partial charge < -0.3 is 10.6 Å². The summed E-state index contributed by atoms with van der Waals surface area (Å²) in [5, 5.41) is 7.14. The van der Waals surface area contributed by atoms with Gasteiger partial charge >= 0.3 is 0 Å². The lowest BCUT2D eigenvalue weighted by Crippen LogP contribution is -2.32. The highest BCUT2D eigenvalue weighted by Gasteiger charge is 2.40. The van der Waals surface area contributed by atoms with Crippen LogP contribution in [0, 0.1) is 11.7 Å². The summed E-state index contributed by atoms with van der Waals surface area (Å²) in [6, 6.07) is 16.1. The van der Waals surface area contributed by atoms with Crippen molar-refractivity contribution in [2.24, 2.45) is 5.92 Å². The lowest BCUT2D eigenvalue weighted by molar-refractivity contribution is 0.389. The lowest BCUT2D eigenvalue weighted by atomic mass is 9.80. The predicted octanol–water partition coefficient (Wildman–Crippen LogP) is 3.64. The molecule has 0 bridgehead atoms. The number of nitrogens with one attached hydrogen (secondary N) is 2. The molecule has 2 N–H and O–H groups in total. The third kappa shape index (κ3) is 1.81. The van der Waals surface area contributed by atoms with Gasteiger partial charge in [0.2, 0.25) is 0 Å². The maximum absolute atomic E-state index is 13.5. The van der Waals surface area contributed by atoms with E-state index in [-0.39, 0.29) is 11.9 Å². The van der Waals surface area contributed by atoms with Crippen LogP contribution in [0.2, 0.25) is 0 Å². The predicted molar refractivity (Wildman–Crippen MR) is 78.1 cm³/mol. The molecule has 0 amide bonds. The second kappa shape index (κ2) is 4.60. The van der Waals surface area contributed by atoms with E-state index < -0.39 is 0 Å². The van der Waals surface area contributed by atoms with Crippen LogP contribution < -0.4 is 10.6 Å². The number of hydrogen-bond acceptors (Lipinski definition) is 2. The smallest absolute Gasteiger partial charge is 0.123 e. The van der Waals surface area contributed by atoms with Crippen LogP contribution >= 0.6 is 0 Å². The van der Waals surface area contributed by atoms with Crippen molar-refractivity contribution in [3.63, 3.8) is 0 Å². The van der Waals surface area contributed by atoms with Crippen LogP contribution in [0.3, 0.4) is 0 Å². The van der Waals surface area contributed by atoms with Crippen LogP contribution in [0.1, 0.15) is 29.6 Å². The molecule has 0 aliphatic carbocycles. The van der Waals surface area contributed by atoms with E-state index in [4.69, 9.17) is 0 Å². The maximum Gasteiger partial charge on any atom is 0.123 e. The van der Waals surface area contributed by atoms with Crippen LogP contribution in [0.25, 0.3) is 0 Å². The Balaban J connectivity index is 1.79. The van der Waals surface area contributed by atoms with E-state index in [1.54, 1.807) is 6.07 Å². The average Bonchev–Trinajstić information content (AvgIpc) is 2.97. The van der Waals surface area contributed by atoms with E-state index >= 15 is 0 Å². The normalized spacial score (nSPS) is 27.6. The van der Waals surface area contributed by atoms with Crippen molar-refractivity contribution < 1.29 is 4.39 Å². The van der Waals surface area contributed by atoms with Crippen molar-refractivity contribution in [1.82, 2.24) is 5.32 Å². The summed E-state index contributed by atoms with van der Waals surface area (Å²) >= 11 is 0. The van der Waals surface area contributed by atoms with Crippen molar-refractivity contribution in [2.45, 2.75) is 18.5 Å². The molecule has 2 aromatic carbocycles. The third-order valence-electron chi connectivity index (χ3n) is 4.52. The molecule has 0 radical (unpaired) electrons. The fourth-order valence-corrected chi connectivity index (χ4v) is 3.61. The monoisotopic (exact) mass is 268 g/mol. The van der Waals surface area contributed by atoms with Crippen molar-refractivity contribution in [1.29, 1.82) is 0 Å². The van der Waals surface area contributed by atoms with Gasteiger partial charge in [-0.05, 0) is 42.3 Å². The van der Waals surface area contributed by atoms with Gasteiger partial charge in [-0.25, -0.2) is 4.39 Å². The Morgan fingerprint density at radius 1 is 1.00 bits per heavy atom. The zero-order chi connectivity index (χ0) is 13.5. The van der Waals surface area contributed by atoms with Gasteiger partial charge in [0, 0.05) is 17.6 Å². The number of rotatable bonds is 1. The molecule has 0 unspecified atom stereocenters. The number of benzene rings is 2. The van der Waals surface area contributed by atoms with Crippen LogP contribution in [-0.2, 0) is 0 Å². The van der Waals surface area contributed by atoms with Crippen molar-refractivity contribution in [3.05, 3.63) is 65.5 Å². The van der Waals surface area contributed by atoms with Gasteiger partial charge in [0.25, 0.3) is 0 Å². The molecule has 2 nitrogen and oxygen atoms in total. The van der Waals surface area contributed by atoms with Gasteiger partial charge in [-0.2, -0.15) is 0 Å². The maximum atomic E-state index is 13.5. The van der Waals surface area contributed by atoms with Gasteiger partial charge in [-0.1, -0.05) is 30.3 Å². The van der Waals surface area contributed by atoms with E-state index in [0.29, 0.717) is 12.0 Å². The Bertz CT molecular complexity index is 626. The molecule has 0 aromatic heterocycles. The van der Waals surface area contributed by atoms with Gasteiger partial charge in [-0.15, -0.1) is 0 Å². The summed E-state index contributed by atoms with van der Waals surface area (Å²) in [4.78, 5) is 0. The highest BCUT2D eigenvalue weighted by molar-refractivity contribution is 5.58. The minimum Gasteiger partial charge on any atom is -0.378 e. The van der Waals surface area contributed by atoms with Crippen LogP contribution in [0.4, 0.5) is 10.1 Å². The fraction of sp³-hybridized carbons (Fsp3) is 0.294. The molecule has 3 heteroatoms. The van der Waals surface area contributed by atoms with E-state index in [0.717, 1.165) is 24.2 Å². The average molecular weight is 268 g/mol. The van der Waals surface area contributed by atoms with Gasteiger partial charge in [0.1, 0.15) is 5.82 Å². The molecule has 2 heterocycles.